The van der Waals surface area contributed by atoms with E-state index in [9.17, 15) is 14.4 Å². The van der Waals surface area contributed by atoms with Crippen LogP contribution in [0.3, 0.4) is 0 Å². The normalized spacial score (nSPS) is 18.4. The van der Waals surface area contributed by atoms with Gasteiger partial charge in [-0.2, -0.15) is 0 Å². The van der Waals surface area contributed by atoms with Crippen LogP contribution in [-0.4, -0.2) is 67.4 Å². The maximum atomic E-state index is 12.7. The zero-order valence-corrected chi connectivity index (χ0v) is 20.6. The van der Waals surface area contributed by atoms with Crippen LogP contribution in [-0.2, 0) is 9.59 Å². The van der Waals surface area contributed by atoms with Crippen molar-refractivity contribution in [1.29, 1.82) is 0 Å². The van der Waals surface area contributed by atoms with Crippen LogP contribution in [0, 0.1) is 5.92 Å². The van der Waals surface area contributed by atoms with E-state index in [2.05, 4.69) is 15.2 Å². The molecular formula is C26H29N5O3S. The van der Waals surface area contributed by atoms with Crippen LogP contribution in [0.4, 0.5) is 11.4 Å². The van der Waals surface area contributed by atoms with E-state index in [1.807, 2.05) is 48.5 Å². The number of amides is 3. The lowest BCUT2D eigenvalue weighted by atomic mass is 10.1. The topological polar surface area (TPSA) is 85.8 Å². The van der Waals surface area contributed by atoms with Crippen molar-refractivity contribution >= 4 is 50.6 Å². The van der Waals surface area contributed by atoms with Crippen molar-refractivity contribution in [1.82, 2.24) is 15.2 Å². The molecule has 2 fully saturated rings. The molecule has 3 heterocycles. The van der Waals surface area contributed by atoms with Gasteiger partial charge in [0.15, 0.2) is 5.01 Å². The average molecular weight is 492 g/mol. The van der Waals surface area contributed by atoms with Gasteiger partial charge in [-0.25, -0.2) is 4.98 Å². The summed E-state index contributed by atoms with van der Waals surface area (Å²) in [6.07, 6.45) is 2.69. The van der Waals surface area contributed by atoms with Crippen molar-refractivity contribution in [3.05, 3.63) is 53.5 Å². The van der Waals surface area contributed by atoms with Crippen LogP contribution in [0.1, 0.15) is 29.1 Å². The van der Waals surface area contributed by atoms with Gasteiger partial charge in [-0.05, 0) is 62.3 Å². The van der Waals surface area contributed by atoms with Gasteiger partial charge in [-0.3, -0.25) is 19.3 Å². The van der Waals surface area contributed by atoms with Crippen molar-refractivity contribution in [2.75, 3.05) is 49.6 Å². The molecule has 3 aromatic rings. The van der Waals surface area contributed by atoms with Gasteiger partial charge in [-0.1, -0.05) is 12.1 Å². The number of carbonyl (C=O) groups excluding carboxylic acids is 3. The number of nitrogens with zero attached hydrogens (tertiary/aromatic N) is 4. The predicted octanol–water partition coefficient (Wildman–Crippen LogP) is 3.14. The largest absolute Gasteiger partial charge is 0.350 e. The lowest BCUT2D eigenvalue weighted by molar-refractivity contribution is -0.119. The van der Waals surface area contributed by atoms with E-state index in [1.165, 1.54) is 11.3 Å². The Morgan fingerprint density at radius 1 is 1.11 bits per heavy atom. The van der Waals surface area contributed by atoms with Gasteiger partial charge >= 0.3 is 0 Å². The first-order valence-electron chi connectivity index (χ1n) is 12.0. The molecule has 0 aliphatic carbocycles. The van der Waals surface area contributed by atoms with Crippen LogP contribution in [0.15, 0.2) is 48.5 Å². The summed E-state index contributed by atoms with van der Waals surface area (Å²) >= 11 is 1.37. The molecule has 182 valence electrons. The van der Waals surface area contributed by atoms with E-state index in [4.69, 9.17) is 0 Å². The van der Waals surface area contributed by atoms with Gasteiger partial charge in [0.1, 0.15) is 0 Å². The highest BCUT2D eigenvalue weighted by Gasteiger charge is 2.31. The van der Waals surface area contributed by atoms with Crippen LogP contribution in [0.5, 0.6) is 0 Å². The summed E-state index contributed by atoms with van der Waals surface area (Å²) in [6, 6.07) is 15.2. The lowest BCUT2D eigenvalue weighted by Gasteiger charge is -2.22. The number of likely N-dealkylation sites (N-methyl/N-ethyl adjacent to an activating group) is 1. The molecule has 2 aliphatic rings. The number of likely N-dealkylation sites (tertiary alicyclic amines) is 1. The Kier molecular flexibility index (Phi) is 6.79. The monoisotopic (exact) mass is 491 g/mol. The highest BCUT2D eigenvalue weighted by Crippen LogP contribution is 2.27. The summed E-state index contributed by atoms with van der Waals surface area (Å²) in [5.74, 6) is -0.0652. The Bertz CT molecular complexity index is 1200. The fraction of sp³-hybridized carbons (Fsp3) is 0.385. The van der Waals surface area contributed by atoms with Crippen molar-refractivity contribution in [2.45, 2.75) is 19.3 Å². The maximum Gasteiger partial charge on any atom is 0.280 e. The molecule has 2 aliphatic heterocycles. The lowest BCUT2D eigenvalue weighted by Crippen LogP contribution is -2.37. The van der Waals surface area contributed by atoms with Crippen molar-refractivity contribution in [3.8, 4) is 0 Å². The molecule has 35 heavy (non-hydrogen) atoms. The molecular weight excluding hydrogens is 462 g/mol. The molecule has 0 bridgehead atoms. The molecule has 8 nitrogen and oxygen atoms in total. The molecule has 2 saturated heterocycles. The van der Waals surface area contributed by atoms with E-state index in [0.717, 1.165) is 47.5 Å². The van der Waals surface area contributed by atoms with Gasteiger partial charge in [0.25, 0.3) is 5.91 Å². The zero-order chi connectivity index (χ0) is 24.4. The molecule has 0 spiro atoms. The summed E-state index contributed by atoms with van der Waals surface area (Å²) in [5, 5.41) is 3.38. The molecule has 2 aromatic carbocycles. The minimum Gasteiger partial charge on any atom is -0.350 e. The first-order chi connectivity index (χ1) is 17.0. The highest BCUT2D eigenvalue weighted by molar-refractivity contribution is 7.20. The molecule has 1 N–H and O–H groups in total. The second-order valence-corrected chi connectivity index (χ2v) is 10.3. The Hall–Kier alpha value is -3.30. The predicted molar refractivity (Wildman–Crippen MR) is 138 cm³/mol. The molecule has 0 saturated carbocycles. The van der Waals surface area contributed by atoms with Gasteiger partial charge in [-0.15, -0.1) is 11.3 Å². The average Bonchev–Trinajstić information content (AvgIpc) is 3.62. The minimum atomic E-state index is -0.205. The Morgan fingerprint density at radius 3 is 2.60 bits per heavy atom. The van der Waals surface area contributed by atoms with Crippen LogP contribution < -0.4 is 15.1 Å². The molecule has 1 aromatic heterocycles. The minimum absolute atomic E-state index is 0.0326. The third-order valence-electron chi connectivity index (χ3n) is 6.72. The van der Waals surface area contributed by atoms with E-state index in [1.54, 1.807) is 16.8 Å². The summed E-state index contributed by atoms with van der Waals surface area (Å²) in [5.41, 5.74) is 2.43. The third kappa shape index (κ3) is 5.21. The molecule has 0 radical (unpaired) electrons. The number of nitrogens with one attached hydrogen (secondary N) is 1. The molecule has 3 amide bonds. The number of hydrogen-bond donors (Lipinski definition) is 1. The van der Waals surface area contributed by atoms with Crippen LogP contribution in [0.2, 0.25) is 0 Å². The molecule has 1 unspecified atom stereocenters. The quantitative estimate of drug-likeness (QED) is 0.549. The van der Waals surface area contributed by atoms with E-state index < -0.39 is 0 Å². The molecule has 1 atom stereocenters. The van der Waals surface area contributed by atoms with Crippen molar-refractivity contribution in [3.63, 3.8) is 0 Å². The Labute approximate surface area is 208 Å². The second kappa shape index (κ2) is 10.1. The third-order valence-corrected chi connectivity index (χ3v) is 7.76. The number of rotatable bonds is 7. The Morgan fingerprint density at radius 2 is 1.86 bits per heavy atom. The first-order valence-corrected chi connectivity index (χ1v) is 12.8. The summed E-state index contributed by atoms with van der Waals surface area (Å²) < 4.78 is 0.978. The van der Waals surface area contributed by atoms with Crippen LogP contribution in [0.25, 0.3) is 10.2 Å². The SMILES string of the molecule is CN(C(=O)CN1CCCC1)c1ccc(N2CC(CNC(=O)c3nc4ccccc4s3)CC2=O)cc1. The number of para-hydroxylation sites is 1. The smallest absolute Gasteiger partial charge is 0.280 e. The summed E-state index contributed by atoms with van der Waals surface area (Å²) in [6.45, 7) is 3.37. The standard InChI is InChI=1S/C26H29N5O3S/c1-29(24(33)17-30-12-4-5-13-30)19-8-10-20(11-9-19)31-16-18(14-23(31)32)15-27-25(34)26-28-21-6-2-3-7-22(21)35-26/h2-3,6-11,18H,4-5,12-17H2,1H3,(H,27,34). The van der Waals surface area contributed by atoms with Crippen LogP contribution >= 0.6 is 11.3 Å². The number of benzene rings is 2. The maximum absolute atomic E-state index is 12.7. The zero-order valence-electron chi connectivity index (χ0n) is 19.8. The van der Waals surface area contributed by atoms with E-state index >= 15 is 0 Å². The van der Waals surface area contributed by atoms with Crippen molar-refractivity contribution < 1.29 is 14.4 Å². The number of hydrogen-bond acceptors (Lipinski definition) is 6. The molecule has 5 rings (SSSR count). The van der Waals surface area contributed by atoms with Gasteiger partial charge < -0.3 is 15.1 Å². The number of carbonyl (C=O) groups is 3. The fourth-order valence-electron chi connectivity index (χ4n) is 4.69. The first kappa shape index (κ1) is 23.4. The van der Waals surface area contributed by atoms with Crippen molar-refractivity contribution in [2.24, 2.45) is 5.92 Å². The highest BCUT2D eigenvalue weighted by atomic mass is 32.1. The number of fused-ring (bicyclic) bond motifs is 1. The summed E-state index contributed by atoms with van der Waals surface area (Å²) in [4.78, 5) is 47.9. The molecule has 9 heteroatoms. The van der Waals surface area contributed by atoms with Gasteiger partial charge in [0, 0.05) is 43.9 Å². The van der Waals surface area contributed by atoms with Gasteiger partial charge in [0.05, 0.1) is 16.8 Å². The fourth-order valence-corrected chi connectivity index (χ4v) is 5.57. The summed E-state index contributed by atoms with van der Waals surface area (Å²) in [7, 11) is 1.79. The Balaban J connectivity index is 1.15. The number of anilines is 2. The van der Waals surface area contributed by atoms with E-state index in [-0.39, 0.29) is 23.6 Å². The van der Waals surface area contributed by atoms with E-state index in [0.29, 0.717) is 31.1 Å². The number of thiazole rings is 1. The second-order valence-electron chi connectivity index (χ2n) is 9.22. The number of aromatic nitrogens is 1. The van der Waals surface area contributed by atoms with Gasteiger partial charge in [0.2, 0.25) is 11.8 Å².